The van der Waals surface area contributed by atoms with Crippen LogP contribution in [0.15, 0.2) is 34.3 Å². The molecule has 2 aromatic heterocycles. The monoisotopic (exact) mass is 569 g/mol. The Labute approximate surface area is 235 Å². The van der Waals surface area contributed by atoms with Crippen molar-refractivity contribution >= 4 is 38.8 Å². The minimum atomic E-state index is -3.69. The molecule has 3 aliphatic carbocycles. The normalized spacial score (nSPS) is 24.8. The van der Waals surface area contributed by atoms with E-state index in [-0.39, 0.29) is 35.9 Å². The lowest BCUT2D eigenvalue weighted by molar-refractivity contribution is -0.143. The molecule has 3 unspecified atom stereocenters. The maximum atomic E-state index is 13.2. The predicted octanol–water partition coefficient (Wildman–Crippen LogP) is 5.28. The quantitative estimate of drug-likeness (QED) is 0.398. The van der Waals surface area contributed by atoms with Crippen molar-refractivity contribution in [2.75, 3.05) is 24.2 Å². The van der Waals surface area contributed by atoms with E-state index in [9.17, 15) is 23.1 Å². The summed E-state index contributed by atoms with van der Waals surface area (Å²) in [6.07, 6.45) is 13.5. The van der Waals surface area contributed by atoms with E-state index >= 15 is 0 Å². The van der Waals surface area contributed by atoms with Crippen LogP contribution in [-0.2, 0) is 20.2 Å². The number of fused-ring (bicyclic) bond motifs is 1. The Morgan fingerprint density at radius 2 is 2.00 bits per heavy atom. The number of hydrogen-bond donors (Lipinski definition) is 2. The number of allylic oxidation sites excluding steroid dienone is 4. The second-order valence-corrected chi connectivity index (χ2v) is 13.8. The van der Waals surface area contributed by atoms with Gasteiger partial charge in [-0.1, -0.05) is 30.2 Å². The van der Waals surface area contributed by atoms with E-state index in [0.29, 0.717) is 48.2 Å². The number of carbonyl (C=O) groups excluding carboxylic acids is 1. The highest BCUT2D eigenvalue weighted by atomic mass is 32.2. The molecule has 0 radical (unpaired) electrons. The molecular formula is C30H39N3O6S. The first-order valence-electron chi connectivity index (χ1n) is 14.2. The number of sulfonamides is 1. The number of pyridine rings is 1. The Kier molecular flexibility index (Phi) is 7.58. The fourth-order valence-electron chi connectivity index (χ4n) is 6.30. The zero-order valence-corrected chi connectivity index (χ0v) is 24.5. The SMILES string of the molecule is CNC(=O)c1c(C2(C)C=CC(C)=CC2)oc2nc(N(CCCC3CCCC3C(=O)O)S(C)(=O)=O)c(C3CC3)cc12. The molecule has 2 heterocycles. The van der Waals surface area contributed by atoms with Crippen LogP contribution in [0.25, 0.3) is 11.1 Å². The molecule has 0 aromatic carbocycles. The second-order valence-electron chi connectivity index (χ2n) is 11.9. The van der Waals surface area contributed by atoms with Gasteiger partial charge in [0, 0.05) is 19.0 Å². The van der Waals surface area contributed by atoms with E-state index in [1.807, 2.05) is 32.1 Å². The molecule has 3 aliphatic rings. The van der Waals surface area contributed by atoms with E-state index in [1.165, 1.54) is 10.6 Å². The number of carboxylic acid groups (broad SMARTS) is 1. The van der Waals surface area contributed by atoms with Crippen molar-refractivity contribution in [3.63, 3.8) is 0 Å². The molecule has 40 heavy (non-hydrogen) atoms. The first kappa shape index (κ1) is 28.4. The molecule has 0 spiro atoms. The van der Waals surface area contributed by atoms with Gasteiger partial charge in [0.2, 0.25) is 15.7 Å². The summed E-state index contributed by atoms with van der Waals surface area (Å²) in [7, 11) is -2.10. The van der Waals surface area contributed by atoms with Gasteiger partial charge in [0.15, 0.2) is 0 Å². The average molecular weight is 570 g/mol. The van der Waals surface area contributed by atoms with Gasteiger partial charge in [-0.2, -0.15) is 4.98 Å². The highest BCUT2D eigenvalue weighted by Crippen LogP contribution is 2.47. The Hall–Kier alpha value is -3.14. The summed E-state index contributed by atoms with van der Waals surface area (Å²) in [6, 6.07) is 1.90. The van der Waals surface area contributed by atoms with Gasteiger partial charge in [0.05, 0.1) is 23.1 Å². The van der Waals surface area contributed by atoms with Crippen LogP contribution in [0.5, 0.6) is 0 Å². The second kappa shape index (κ2) is 10.7. The minimum absolute atomic E-state index is 0.0574. The molecule has 9 nitrogen and oxygen atoms in total. The van der Waals surface area contributed by atoms with Gasteiger partial charge >= 0.3 is 5.97 Å². The number of hydrogen-bond acceptors (Lipinski definition) is 6. The number of aliphatic carboxylic acids is 1. The van der Waals surface area contributed by atoms with Crippen molar-refractivity contribution in [1.29, 1.82) is 0 Å². The van der Waals surface area contributed by atoms with Crippen molar-refractivity contribution < 1.29 is 27.5 Å². The van der Waals surface area contributed by atoms with Gasteiger partial charge < -0.3 is 14.8 Å². The molecule has 10 heteroatoms. The first-order chi connectivity index (χ1) is 18.9. The summed E-state index contributed by atoms with van der Waals surface area (Å²) < 4.78 is 33.9. The smallest absolute Gasteiger partial charge is 0.306 e. The van der Waals surface area contributed by atoms with Gasteiger partial charge in [0.1, 0.15) is 11.6 Å². The molecule has 5 rings (SSSR count). The maximum absolute atomic E-state index is 13.2. The lowest BCUT2D eigenvalue weighted by atomic mass is 9.78. The van der Waals surface area contributed by atoms with Gasteiger partial charge in [-0.3, -0.25) is 13.9 Å². The predicted molar refractivity (Wildman–Crippen MR) is 154 cm³/mol. The number of anilines is 1. The van der Waals surface area contributed by atoms with Crippen LogP contribution in [0.2, 0.25) is 0 Å². The van der Waals surface area contributed by atoms with Gasteiger partial charge in [-0.15, -0.1) is 0 Å². The van der Waals surface area contributed by atoms with Crippen LogP contribution >= 0.6 is 0 Å². The third-order valence-corrected chi connectivity index (χ3v) is 9.95. The van der Waals surface area contributed by atoms with Crippen LogP contribution in [0.1, 0.15) is 92.8 Å². The number of carbonyl (C=O) groups is 2. The lowest BCUT2D eigenvalue weighted by Crippen LogP contribution is -2.33. The summed E-state index contributed by atoms with van der Waals surface area (Å²) in [5.74, 6) is -0.311. The number of aromatic nitrogens is 1. The fourth-order valence-corrected chi connectivity index (χ4v) is 7.22. The molecule has 2 aromatic rings. The lowest BCUT2D eigenvalue weighted by Gasteiger charge is -2.26. The van der Waals surface area contributed by atoms with E-state index < -0.39 is 21.4 Å². The van der Waals surface area contributed by atoms with E-state index in [0.717, 1.165) is 36.8 Å². The number of carboxylic acids is 1. The third kappa shape index (κ3) is 5.42. The van der Waals surface area contributed by atoms with Crippen molar-refractivity contribution in [1.82, 2.24) is 10.3 Å². The van der Waals surface area contributed by atoms with Crippen molar-refractivity contribution in [3.05, 3.63) is 46.8 Å². The largest absolute Gasteiger partial charge is 0.481 e. The van der Waals surface area contributed by atoms with Crippen molar-refractivity contribution in [3.8, 4) is 0 Å². The van der Waals surface area contributed by atoms with Crippen molar-refractivity contribution in [2.45, 2.75) is 76.5 Å². The maximum Gasteiger partial charge on any atom is 0.306 e. The number of amides is 1. The van der Waals surface area contributed by atoms with E-state index in [2.05, 4.69) is 11.4 Å². The Morgan fingerprint density at radius 1 is 1.25 bits per heavy atom. The van der Waals surface area contributed by atoms with Crippen LogP contribution < -0.4 is 9.62 Å². The van der Waals surface area contributed by atoms with E-state index in [1.54, 1.807) is 7.05 Å². The summed E-state index contributed by atoms with van der Waals surface area (Å²) >= 11 is 0. The highest BCUT2D eigenvalue weighted by molar-refractivity contribution is 7.92. The van der Waals surface area contributed by atoms with Gasteiger partial charge in [0.25, 0.3) is 5.91 Å². The molecule has 2 fully saturated rings. The average Bonchev–Trinajstić information content (AvgIpc) is 3.51. The van der Waals surface area contributed by atoms with Crippen LogP contribution in [0.4, 0.5) is 5.82 Å². The molecule has 2 N–H and O–H groups in total. The van der Waals surface area contributed by atoms with Crippen LogP contribution in [0.3, 0.4) is 0 Å². The van der Waals surface area contributed by atoms with Crippen molar-refractivity contribution in [2.24, 2.45) is 11.8 Å². The Morgan fingerprint density at radius 3 is 2.60 bits per heavy atom. The molecule has 3 atom stereocenters. The summed E-state index contributed by atoms with van der Waals surface area (Å²) in [4.78, 5) is 29.6. The number of nitrogens with one attached hydrogen (secondary N) is 1. The fraction of sp³-hybridized carbons (Fsp3) is 0.567. The van der Waals surface area contributed by atoms with E-state index in [4.69, 9.17) is 9.40 Å². The number of furan rings is 1. The zero-order valence-electron chi connectivity index (χ0n) is 23.7. The third-order valence-electron chi connectivity index (χ3n) is 8.79. The van der Waals surface area contributed by atoms with Crippen LogP contribution in [-0.4, -0.2) is 50.2 Å². The molecule has 2 saturated carbocycles. The standard InChI is InChI=1S/C30H39N3O6S/c1-18-12-14-30(2,15-13-18)25-24(27(34)31-3)23-17-22(20-10-11-20)26(32-28(23)39-25)33(40(4,37)38)16-6-8-19-7-5-9-21(19)29(35)36/h12-14,17,19-21H,5-11,15-16H2,1-4H3,(H,31,34)(H,35,36). The molecule has 0 bridgehead atoms. The summed E-state index contributed by atoms with van der Waals surface area (Å²) in [5.41, 5.74) is 2.07. The topological polar surface area (TPSA) is 130 Å². The number of nitrogens with zero attached hydrogens (tertiary/aromatic N) is 2. The van der Waals surface area contributed by atoms with Crippen LogP contribution in [0, 0.1) is 11.8 Å². The highest BCUT2D eigenvalue weighted by Gasteiger charge is 2.38. The first-order valence-corrected chi connectivity index (χ1v) is 16.0. The molecule has 0 aliphatic heterocycles. The number of rotatable bonds is 10. The Balaban J connectivity index is 1.55. The molecule has 0 saturated heterocycles. The molecular weight excluding hydrogens is 530 g/mol. The molecule has 216 valence electrons. The Bertz CT molecular complexity index is 1500. The van der Waals surface area contributed by atoms with Gasteiger partial charge in [-0.05, 0) is 82.3 Å². The van der Waals surface area contributed by atoms with Gasteiger partial charge in [-0.25, -0.2) is 8.42 Å². The zero-order chi connectivity index (χ0) is 28.8. The minimum Gasteiger partial charge on any atom is -0.481 e. The summed E-state index contributed by atoms with van der Waals surface area (Å²) in [6.45, 7) is 4.26. The molecule has 1 amide bonds. The summed E-state index contributed by atoms with van der Waals surface area (Å²) in [5, 5.41) is 12.9.